The highest BCUT2D eigenvalue weighted by Crippen LogP contribution is 2.23. The second-order valence-electron chi connectivity index (χ2n) is 6.53. The average Bonchev–Trinajstić information content (AvgIpc) is 2.77. The number of urea groups is 1. The maximum Gasteiger partial charge on any atom is 0.323 e. The van der Waals surface area contributed by atoms with Crippen LogP contribution in [0.25, 0.3) is 10.9 Å². The SMILES string of the molecule is O=C(Nc1ccc(F)cc1)Nc1cc(F)c(F)c(C(=O)c2ccc3ncncc3c2)c1. The molecule has 0 atom stereocenters. The minimum atomic E-state index is -1.33. The summed E-state index contributed by atoms with van der Waals surface area (Å²) in [6.07, 6.45) is 2.85. The van der Waals surface area contributed by atoms with Crippen LogP contribution in [0, 0.1) is 17.5 Å². The van der Waals surface area contributed by atoms with Crippen LogP contribution in [0.1, 0.15) is 15.9 Å². The molecule has 4 rings (SSSR count). The highest BCUT2D eigenvalue weighted by atomic mass is 19.2. The molecule has 1 heterocycles. The van der Waals surface area contributed by atoms with Gasteiger partial charge in [-0.2, -0.15) is 0 Å². The number of carbonyl (C=O) groups excluding carboxylic acids is 2. The Kier molecular flexibility index (Phi) is 5.31. The topological polar surface area (TPSA) is 84.0 Å². The number of halogens is 3. The van der Waals surface area contributed by atoms with E-state index in [-0.39, 0.29) is 16.9 Å². The lowest BCUT2D eigenvalue weighted by molar-refractivity contribution is 0.103. The van der Waals surface area contributed by atoms with Gasteiger partial charge in [0.15, 0.2) is 17.4 Å². The van der Waals surface area contributed by atoms with E-state index in [4.69, 9.17) is 0 Å². The van der Waals surface area contributed by atoms with Crippen LogP contribution in [0.4, 0.5) is 29.3 Å². The summed E-state index contributed by atoms with van der Waals surface area (Å²) in [5.74, 6) is -3.88. The summed E-state index contributed by atoms with van der Waals surface area (Å²) in [6.45, 7) is 0. The molecule has 1 aromatic heterocycles. The lowest BCUT2D eigenvalue weighted by atomic mass is 10.0. The van der Waals surface area contributed by atoms with Crippen LogP contribution in [0.3, 0.4) is 0 Å². The van der Waals surface area contributed by atoms with Gasteiger partial charge in [-0.3, -0.25) is 4.79 Å². The van der Waals surface area contributed by atoms with Gasteiger partial charge in [0, 0.05) is 34.6 Å². The molecule has 2 N–H and O–H groups in total. The molecule has 0 aliphatic rings. The fourth-order valence-corrected chi connectivity index (χ4v) is 2.93. The summed E-state index contributed by atoms with van der Waals surface area (Å²) in [7, 11) is 0. The number of ketones is 1. The molecule has 0 fully saturated rings. The highest BCUT2D eigenvalue weighted by Gasteiger charge is 2.20. The van der Waals surface area contributed by atoms with Crippen LogP contribution in [-0.2, 0) is 0 Å². The summed E-state index contributed by atoms with van der Waals surface area (Å²) >= 11 is 0. The monoisotopic (exact) mass is 422 g/mol. The molecule has 4 aromatic rings. The number of carbonyl (C=O) groups is 2. The molecule has 0 radical (unpaired) electrons. The third-order valence-electron chi connectivity index (χ3n) is 4.40. The number of benzene rings is 3. The van der Waals surface area contributed by atoms with Crippen molar-refractivity contribution in [3.05, 3.63) is 95.7 Å². The molecule has 0 aliphatic carbocycles. The van der Waals surface area contributed by atoms with Gasteiger partial charge < -0.3 is 10.6 Å². The van der Waals surface area contributed by atoms with Crippen molar-refractivity contribution in [2.45, 2.75) is 0 Å². The van der Waals surface area contributed by atoms with Gasteiger partial charge in [0.25, 0.3) is 0 Å². The summed E-state index contributed by atoms with van der Waals surface area (Å²) in [6, 6.07) is 10.5. The van der Waals surface area contributed by atoms with E-state index in [0.717, 1.165) is 24.3 Å². The molecular weight excluding hydrogens is 409 g/mol. The van der Waals surface area contributed by atoms with Crippen LogP contribution in [0.15, 0.2) is 67.1 Å². The molecular formula is C22H13F3N4O2. The van der Waals surface area contributed by atoms with Crippen LogP contribution in [0.2, 0.25) is 0 Å². The first-order valence-corrected chi connectivity index (χ1v) is 8.98. The zero-order valence-corrected chi connectivity index (χ0v) is 15.7. The van der Waals surface area contributed by atoms with E-state index in [0.29, 0.717) is 10.9 Å². The van der Waals surface area contributed by atoms with E-state index in [9.17, 15) is 22.8 Å². The molecule has 2 amide bonds. The molecule has 3 aromatic carbocycles. The summed E-state index contributed by atoms with van der Waals surface area (Å²) in [5, 5.41) is 5.30. The Morgan fingerprint density at radius 3 is 2.35 bits per heavy atom. The second kappa shape index (κ2) is 8.23. The number of nitrogens with zero attached hydrogens (tertiary/aromatic N) is 2. The molecule has 0 aliphatic heterocycles. The van der Waals surface area contributed by atoms with Gasteiger partial charge in [0.1, 0.15) is 12.1 Å². The minimum absolute atomic E-state index is 0.105. The summed E-state index contributed by atoms with van der Waals surface area (Å²) in [4.78, 5) is 32.9. The van der Waals surface area contributed by atoms with Crippen molar-refractivity contribution in [2.75, 3.05) is 10.6 Å². The fourth-order valence-electron chi connectivity index (χ4n) is 2.93. The van der Waals surface area contributed by atoms with Gasteiger partial charge in [-0.25, -0.2) is 27.9 Å². The van der Waals surface area contributed by atoms with E-state index >= 15 is 0 Å². The zero-order valence-electron chi connectivity index (χ0n) is 15.7. The highest BCUT2D eigenvalue weighted by molar-refractivity contribution is 6.11. The number of amides is 2. The normalized spacial score (nSPS) is 10.7. The van der Waals surface area contributed by atoms with Gasteiger partial charge in [-0.05, 0) is 48.5 Å². The predicted octanol–water partition coefficient (Wildman–Crippen LogP) is 4.92. The van der Waals surface area contributed by atoms with Crippen molar-refractivity contribution >= 4 is 34.1 Å². The fraction of sp³-hybridized carbons (Fsp3) is 0. The van der Waals surface area contributed by atoms with E-state index in [1.54, 1.807) is 6.07 Å². The van der Waals surface area contributed by atoms with Crippen molar-refractivity contribution in [2.24, 2.45) is 0 Å². The first kappa shape index (κ1) is 20.0. The van der Waals surface area contributed by atoms with E-state index in [1.807, 2.05) is 0 Å². The third kappa shape index (κ3) is 4.35. The Morgan fingerprint density at radius 2 is 1.58 bits per heavy atom. The summed E-state index contributed by atoms with van der Waals surface area (Å²) < 4.78 is 41.5. The minimum Gasteiger partial charge on any atom is -0.308 e. The Balaban J connectivity index is 1.60. The Bertz CT molecular complexity index is 1310. The van der Waals surface area contributed by atoms with Gasteiger partial charge in [0.2, 0.25) is 0 Å². The number of anilines is 2. The number of hydrogen-bond donors (Lipinski definition) is 2. The van der Waals surface area contributed by atoms with Crippen LogP contribution >= 0.6 is 0 Å². The third-order valence-corrected chi connectivity index (χ3v) is 4.40. The van der Waals surface area contributed by atoms with Crippen molar-refractivity contribution < 1.29 is 22.8 Å². The maximum atomic E-state index is 14.4. The number of aromatic nitrogens is 2. The maximum absolute atomic E-state index is 14.4. The second-order valence-corrected chi connectivity index (χ2v) is 6.53. The van der Waals surface area contributed by atoms with Crippen LogP contribution in [-0.4, -0.2) is 21.8 Å². The quantitative estimate of drug-likeness (QED) is 0.457. The first-order chi connectivity index (χ1) is 14.9. The number of fused-ring (bicyclic) bond motifs is 1. The molecule has 0 unspecified atom stereocenters. The standard InChI is InChI=1S/C22H13F3N4O2/c23-14-2-4-15(5-3-14)28-22(31)29-16-8-17(20(25)18(24)9-16)21(30)12-1-6-19-13(7-12)10-26-11-27-19/h1-11H,(H2,28,29,31). The predicted molar refractivity (Wildman–Crippen MR) is 108 cm³/mol. The molecule has 0 bridgehead atoms. The lowest BCUT2D eigenvalue weighted by Crippen LogP contribution is -2.20. The smallest absolute Gasteiger partial charge is 0.308 e. The average molecular weight is 422 g/mol. The molecule has 9 heteroatoms. The van der Waals surface area contributed by atoms with E-state index in [2.05, 4.69) is 20.6 Å². The lowest BCUT2D eigenvalue weighted by Gasteiger charge is -2.11. The molecule has 6 nitrogen and oxygen atoms in total. The Hall–Kier alpha value is -4.27. The van der Waals surface area contributed by atoms with Crippen LogP contribution < -0.4 is 10.6 Å². The van der Waals surface area contributed by atoms with E-state index in [1.165, 1.54) is 36.8 Å². The molecule has 154 valence electrons. The number of nitrogens with one attached hydrogen (secondary N) is 2. The van der Waals surface area contributed by atoms with Crippen molar-refractivity contribution in [1.29, 1.82) is 0 Å². The van der Waals surface area contributed by atoms with Crippen LogP contribution in [0.5, 0.6) is 0 Å². The van der Waals surface area contributed by atoms with Crippen molar-refractivity contribution in [3.8, 4) is 0 Å². The van der Waals surface area contributed by atoms with Crippen molar-refractivity contribution in [1.82, 2.24) is 9.97 Å². The Morgan fingerprint density at radius 1 is 0.839 bits per heavy atom. The number of hydrogen-bond acceptors (Lipinski definition) is 4. The zero-order chi connectivity index (χ0) is 22.0. The molecule has 0 spiro atoms. The van der Waals surface area contributed by atoms with E-state index < -0.39 is 34.8 Å². The molecule has 0 saturated heterocycles. The largest absolute Gasteiger partial charge is 0.323 e. The van der Waals surface area contributed by atoms with Gasteiger partial charge in [-0.1, -0.05) is 0 Å². The first-order valence-electron chi connectivity index (χ1n) is 8.98. The van der Waals surface area contributed by atoms with Gasteiger partial charge >= 0.3 is 6.03 Å². The van der Waals surface area contributed by atoms with Gasteiger partial charge in [0.05, 0.1) is 11.1 Å². The molecule has 31 heavy (non-hydrogen) atoms. The summed E-state index contributed by atoms with van der Waals surface area (Å²) in [5.41, 5.74) is 0.301. The number of rotatable bonds is 4. The van der Waals surface area contributed by atoms with Gasteiger partial charge in [-0.15, -0.1) is 0 Å². The Labute approximate surface area is 173 Å². The van der Waals surface area contributed by atoms with Crippen molar-refractivity contribution in [3.63, 3.8) is 0 Å². The molecule has 0 saturated carbocycles.